The fourth-order valence-corrected chi connectivity index (χ4v) is 2.28. The van der Waals surface area contributed by atoms with Gasteiger partial charge in [-0.25, -0.2) is 4.98 Å². The normalized spacial score (nSPS) is 10.8. The molecule has 0 spiro atoms. The molecule has 3 aromatic rings. The second-order valence-electron chi connectivity index (χ2n) is 4.84. The van der Waals surface area contributed by atoms with E-state index in [1.54, 1.807) is 6.33 Å². The summed E-state index contributed by atoms with van der Waals surface area (Å²) in [6.07, 6.45) is 4.43. The van der Waals surface area contributed by atoms with Gasteiger partial charge in [0.15, 0.2) is 0 Å². The van der Waals surface area contributed by atoms with Crippen molar-refractivity contribution in [1.29, 1.82) is 0 Å². The van der Waals surface area contributed by atoms with Crippen LogP contribution in [0.3, 0.4) is 0 Å². The number of pyridine rings is 1. The van der Waals surface area contributed by atoms with Crippen LogP contribution in [0.1, 0.15) is 11.4 Å². The van der Waals surface area contributed by atoms with Crippen molar-refractivity contribution in [2.45, 2.75) is 13.3 Å². The Labute approximate surface area is 117 Å². The van der Waals surface area contributed by atoms with Gasteiger partial charge in [-0.3, -0.25) is 4.98 Å². The number of hydrogen-bond donors (Lipinski definition) is 3. The van der Waals surface area contributed by atoms with Gasteiger partial charge in [-0.05, 0) is 31.2 Å². The van der Waals surface area contributed by atoms with Gasteiger partial charge in [0.2, 0.25) is 0 Å². The molecule has 0 bridgehead atoms. The molecule has 0 saturated heterocycles. The number of aromatic nitrogens is 3. The first kappa shape index (κ1) is 12.5. The van der Waals surface area contributed by atoms with Gasteiger partial charge >= 0.3 is 0 Å². The second kappa shape index (κ2) is 5.21. The SMILES string of the molecule is Cc1cc(NCCc2cnc[nH]2)c2cc(N)ccc2n1. The third-order valence-corrected chi connectivity index (χ3v) is 3.23. The van der Waals surface area contributed by atoms with E-state index in [4.69, 9.17) is 5.73 Å². The van der Waals surface area contributed by atoms with E-state index in [1.807, 2.05) is 31.3 Å². The molecule has 2 heterocycles. The number of nitrogens with one attached hydrogen (secondary N) is 2. The van der Waals surface area contributed by atoms with Crippen LogP contribution in [-0.4, -0.2) is 21.5 Å². The van der Waals surface area contributed by atoms with E-state index >= 15 is 0 Å². The van der Waals surface area contributed by atoms with Crippen LogP contribution in [0, 0.1) is 6.92 Å². The number of H-pyrrole nitrogens is 1. The summed E-state index contributed by atoms with van der Waals surface area (Å²) in [4.78, 5) is 11.6. The maximum absolute atomic E-state index is 5.87. The Bertz CT molecular complexity index is 718. The van der Waals surface area contributed by atoms with Gasteiger partial charge < -0.3 is 16.0 Å². The van der Waals surface area contributed by atoms with Crippen molar-refractivity contribution < 1.29 is 0 Å². The van der Waals surface area contributed by atoms with Crippen molar-refractivity contribution in [3.8, 4) is 0 Å². The lowest BCUT2D eigenvalue weighted by Crippen LogP contribution is -2.06. The molecular formula is C15H17N5. The molecular weight excluding hydrogens is 250 g/mol. The van der Waals surface area contributed by atoms with Crippen LogP contribution in [0.5, 0.6) is 0 Å². The number of aromatic amines is 1. The van der Waals surface area contributed by atoms with Crippen molar-refractivity contribution in [2.75, 3.05) is 17.6 Å². The zero-order chi connectivity index (χ0) is 13.9. The maximum Gasteiger partial charge on any atom is 0.0921 e. The van der Waals surface area contributed by atoms with Gasteiger partial charge in [0, 0.05) is 47.3 Å². The van der Waals surface area contributed by atoms with Gasteiger partial charge in [-0.1, -0.05) is 0 Å². The number of nitrogen functional groups attached to an aromatic ring is 1. The minimum atomic E-state index is 0.750. The van der Waals surface area contributed by atoms with Crippen molar-refractivity contribution in [1.82, 2.24) is 15.0 Å². The molecule has 0 atom stereocenters. The molecule has 0 radical (unpaired) electrons. The van der Waals surface area contributed by atoms with Crippen LogP contribution < -0.4 is 11.1 Å². The summed E-state index contributed by atoms with van der Waals surface area (Å²) in [6, 6.07) is 7.84. The molecule has 0 amide bonds. The molecule has 4 N–H and O–H groups in total. The van der Waals surface area contributed by atoms with E-state index < -0.39 is 0 Å². The highest BCUT2D eigenvalue weighted by atomic mass is 14.9. The van der Waals surface area contributed by atoms with Crippen LogP contribution in [0.15, 0.2) is 36.8 Å². The zero-order valence-electron chi connectivity index (χ0n) is 11.4. The molecule has 0 aliphatic heterocycles. The summed E-state index contributed by atoms with van der Waals surface area (Å²) in [5.74, 6) is 0. The molecule has 5 nitrogen and oxygen atoms in total. The summed E-state index contributed by atoms with van der Waals surface area (Å²) in [6.45, 7) is 2.82. The standard InChI is InChI=1S/C15H17N5/c1-10-6-15(18-5-4-12-8-17-9-19-12)13-7-11(16)2-3-14(13)20-10/h2-3,6-9H,4-5,16H2,1H3,(H,17,19)(H,18,20). The zero-order valence-corrected chi connectivity index (χ0v) is 11.4. The van der Waals surface area contributed by atoms with E-state index in [9.17, 15) is 0 Å². The third kappa shape index (κ3) is 2.56. The Morgan fingerprint density at radius 3 is 3.00 bits per heavy atom. The summed E-state index contributed by atoms with van der Waals surface area (Å²) in [5, 5.41) is 4.51. The van der Waals surface area contributed by atoms with Crippen molar-refractivity contribution >= 4 is 22.3 Å². The number of hydrogen-bond acceptors (Lipinski definition) is 4. The van der Waals surface area contributed by atoms with Crippen molar-refractivity contribution in [2.24, 2.45) is 0 Å². The molecule has 2 aromatic heterocycles. The summed E-state index contributed by atoms with van der Waals surface area (Å²) < 4.78 is 0. The van der Waals surface area contributed by atoms with Gasteiger partial charge in [0.1, 0.15) is 0 Å². The van der Waals surface area contributed by atoms with Crippen LogP contribution >= 0.6 is 0 Å². The second-order valence-corrected chi connectivity index (χ2v) is 4.84. The first-order valence-electron chi connectivity index (χ1n) is 6.60. The van der Waals surface area contributed by atoms with E-state index in [0.717, 1.165) is 46.6 Å². The monoisotopic (exact) mass is 267 g/mol. The van der Waals surface area contributed by atoms with Crippen molar-refractivity contribution in [3.05, 3.63) is 48.2 Å². The molecule has 20 heavy (non-hydrogen) atoms. The van der Waals surface area contributed by atoms with Gasteiger partial charge in [0.05, 0.1) is 11.8 Å². The Balaban J connectivity index is 1.84. The van der Waals surface area contributed by atoms with E-state index in [2.05, 4.69) is 26.3 Å². The highest BCUT2D eigenvalue weighted by molar-refractivity contribution is 5.93. The molecule has 0 aliphatic rings. The molecule has 3 rings (SSSR count). The smallest absolute Gasteiger partial charge is 0.0921 e. The lowest BCUT2D eigenvalue weighted by Gasteiger charge is -2.11. The van der Waals surface area contributed by atoms with Gasteiger partial charge in [0.25, 0.3) is 0 Å². The minimum Gasteiger partial charge on any atom is -0.399 e. The molecule has 1 aromatic carbocycles. The number of rotatable bonds is 4. The predicted molar refractivity (Wildman–Crippen MR) is 81.7 cm³/mol. The van der Waals surface area contributed by atoms with E-state index in [-0.39, 0.29) is 0 Å². The first-order valence-corrected chi connectivity index (χ1v) is 6.60. The lowest BCUT2D eigenvalue weighted by atomic mass is 10.1. The third-order valence-electron chi connectivity index (χ3n) is 3.23. The first-order chi connectivity index (χ1) is 9.72. The van der Waals surface area contributed by atoms with Crippen LogP contribution in [-0.2, 0) is 6.42 Å². The highest BCUT2D eigenvalue weighted by Gasteiger charge is 2.04. The molecule has 0 aliphatic carbocycles. The number of fused-ring (bicyclic) bond motifs is 1. The number of nitrogens with two attached hydrogens (primary N) is 1. The fraction of sp³-hybridized carbons (Fsp3) is 0.200. The Kier molecular flexibility index (Phi) is 3.25. The van der Waals surface area contributed by atoms with E-state index in [1.165, 1.54) is 0 Å². The van der Waals surface area contributed by atoms with E-state index in [0.29, 0.717) is 0 Å². The Morgan fingerprint density at radius 2 is 2.20 bits per heavy atom. The highest BCUT2D eigenvalue weighted by Crippen LogP contribution is 2.25. The summed E-state index contributed by atoms with van der Waals surface area (Å²) in [7, 11) is 0. The van der Waals surface area contributed by atoms with Crippen LogP contribution in [0.2, 0.25) is 0 Å². The topological polar surface area (TPSA) is 79.6 Å². The van der Waals surface area contributed by atoms with Gasteiger partial charge in [-0.2, -0.15) is 0 Å². The molecule has 0 fully saturated rings. The molecule has 5 heteroatoms. The maximum atomic E-state index is 5.87. The van der Waals surface area contributed by atoms with Crippen LogP contribution in [0.4, 0.5) is 11.4 Å². The average molecular weight is 267 g/mol. The van der Waals surface area contributed by atoms with Crippen molar-refractivity contribution in [3.63, 3.8) is 0 Å². The average Bonchev–Trinajstić information content (AvgIpc) is 2.92. The number of benzene rings is 1. The predicted octanol–water partition coefficient (Wildman–Crippen LogP) is 2.50. The number of nitrogens with zero attached hydrogens (tertiary/aromatic N) is 2. The quantitative estimate of drug-likeness (QED) is 0.634. The number of anilines is 2. The number of aryl methyl sites for hydroxylation is 1. The fourth-order valence-electron chi connectivity index (χ4n) is 2.28. The minimum absolute atomic E-state index is 0.750. The molecule has 102 valence electrons. The largest absolute Gasteiger partial charge is 0.399 e. The van der Waals surface area contributed by atoms with Gasteiger partial charge in [-0.15, -0.1) is 0 Å². The Hall–Kier alpha value is -2.56. The Morgan fingerprint density at radius 1 is 1.30 bits per heavy atom. The lowest BCUT2D eigenvalue weighted by molar-refractivity contribution is 0.977. The summed E-state index contributed by atoms with van der Waals surface area (Å²) in [5.41, 5.74) is 10.8. The molecule has 0 saturated carbocycles. The number of imidazole rings is 1. The van der Waals surface area contributed by atoms with Crippen LogP contribution in [0.25, 0.3) is 10.9 Å². The summed E-state index contributed by atoms with van der Waals surface area (Å²) >= 11 is 0. The molecule has 0 unspecified atom stereocenters.